The van der Waals surface area contributed by atoms with Crippen molar-refractivity contribution in [1.82, 2.24) is 9.88 Å². The molecule has 1 aromatic heterocycles. The number of H-pyrrole nitrogens is 1. The standard InChI is InChI=1S/C22H19ClFN3O2/c1-3-17(28)27-8-7-13-12(10-27)5-4-6-14(13)18-16(24)9-15(22(25)29)21-19(18)20(23)11(2)26-21/h3-6,9,26H,1,7-8,10H2,2H3,(H2,25,29). The summed E-state index contributed by atoms with van der Waals surface area (Å²) in [5.41, 5.74) is 9.50. The maximum absolute atomic E-state index is 15.3. The van der Waals surface area contributed by atoms with Crippen molar-refractivity contribution in [2.75, 3.05) is 6.54 Å². The number of benzene rings is 2. The number of aryl methyl sites for hydroxylation is 1. The van der Waals surface area contributed by atoms with Crippen molar-refractivity contribution >= 4 is 34.3 Å². The summed E-state index contributed by atoms with van der Waals surface area (Å²) in [6, 6.07) is 6.75. The zero-order chi connectivity index (χ0) is 20.9. The van der Waals surface area contributed by atoms with Crippen LogP contribution in [0.2, 0.25) is 5.02 Å². The lowest BCUT2D eigenvalue weighted by Gasteiger charge is -2.29. The van der Waals surface area contributed by atoms with Gasteiger partial charge in [-0.1, -0.05) is 36.4 Å². The number of fused-ring (bicyclic) bond motifs is 2. The van der Waals surface area contributed by atoms with Gasteiger partial charge >= 0.3 is 0 Å². The van der Waals surface area contributed by atoms with Crippen molar-refractivity contribution in [3.05, 3.63) is 70.1 Å². The van der Waals surface area contributed by atoms with Crippen LogP contribution in [0.5, 0.6) is 0 Å². The molecule has 1 aliphatic heterocycles. The molecule has 0 spiro atoms. The molecule has 0 aliphatic carbocycles. The van der Waals surface area contributed by atoms with Crippen LogP contribution in [0, 0.1) is 12.7 Å². The fraction of sp³-hybridized carbons (Fsp3) is 0.182. The van der Waals surface area contributed by atoms with Gasteiger partial charge in [0.15, 0.2) is 0 Å². The third-order valence-corrected chi connectivity index (χ3v) is 5.90. The van der Waals surface area contributed by atoms with Gasteiger partial charge in [0.2, 0.25) is 5.91 Å². The van der Waals surface area contributed by atoms with E-state index in [-0.39, 0.29) is 11.5 Å². The van der Waals surface area contributed by atoms with Gasteiger partial charge in [0.05, 0.1) is 16.1 Å². The minimum atomic E-state index is -0.730. The molecule has 0 saturated heterocycles. The van der Waals surface area contributed by atoms with E-state index in [4.69, 9.17) is 17.3 Å². The fourth-order valence-corrected chi connectivity index (χ4v) is 4.28. The molecular formula is C22H19ClFN3O2. The fourth-order valence-electron chi connectivity index (χ4n) is 4.05. The van der Waals surface area contributed by atoms with Crippen LogP contribution in [0.3, 0.4) is 0 Å². The second-order valence-corrected chi connectivity index (χ2v) is 7.49. The van der Waals surface area contributed by atoms with E-state index < -0.39 is 11.7 Å². The summed E-state index contributed by atoms with van der Waals surface area (Å²) in [6.07, 6.45) is 1.87. The first-order valence-electron chi connectivity index (χ1n) is 9.16. The second-order valence-electron chi connectivity index (χ2n) is 7.12. The minimum Gasteiger partial charge on any atom is -0.366 e. The predicted molar refractivity (Wildman–Crippen MR) is 111 cm³/mol. The van der Waals surface area contributed by atoms with Crippen LogP contribution in [0.1, 0.15) is 27.2 Å². The number of aromatic nitrogens is 1. The van der Waals surface area contributed by atoms with Gasteiger partial charge in [-0.3, -0.25) is 9.59 Å². The minimum absolute atomic E-state index is 0.0591. The number of hydrogen-bond acceptors (Lipinski definition) is 2. The van der Waals surface area contributed by atoms with Crippen LogP contribution in [-0.2, 0) is 17.8 Å². The van der Waals surface area contributed by atoms with Crippen molar-refractivity contribution in [2.45, 2.75) is 19.9 Å². The molecule has 0 atom stereocenters. The molecule has 5 nitrogen and oxygen atoms in total. The van der Waals surface area contributed by atoms with Crippen LogP contribution in [0.15, 0.2) is 36.9 Å². The van der Waals surface area contributed by atoms with Gasteiger partial charge in [-0.15, -0.1) is 0 Å². The second kappa shape index (κ2) is 7.04. The Morgan fingerprint density at radius 1 is 1.38 bits per heavy atom. The first-order valence-corrected chi connectivity index (χ1v) is 9.53. The maximum atomic E-state index is 15.3. The predicted octanol–water partition coefficient (Wildman–Crippen LogP) is 4.11. The third kappa shape index (κ3) is 3.00. The number of primary amides is 1. The number of nitrogens with zero attached hydrogens (tertiary/aromatic N) is 1. The normalized spacial score (nSPS) is 13.4. The van der Waals surface area contributed by atoms with Gasteiger partial charge in [0.25, 0.3) is 5.91 Å². The zero-order valence-corrected chi connectivity index (χ0v) is 16.6. The topological polar surface area (TPSA) is 79.2 Å². The molecule has 7 heteroatoms. The SMILES string of the molecule is C=CC(=O)N1CCc2c(cccc2-c2c(F)cc(C(N)=O)c3[nH]c(C)c(Cl)c23)C1. The number of hydrogen-bond donors (Lipinski definition) is 2. The van der Waals surface area contributed by atoms with E-state index in [9.17, 15) is 9.59 Å². The summed E-state index contributed by atoms with van der Waals surface area (Å²) < 4.78 is 15.3. The molecule has 3 N–H and O–H groups in total. The van der Waals surface area contributed by atoms with E-state index in [1.54, 1.807) is 11.8 Å². The summed E-state index contributed by atoms with van der Waals surface area (Å²) in [5, 5.41) is 0.796. The highest BCUT2D eigenvalue weighted by atomic mass is 35.5. The lowest BCUT2D eigenvalue weighted by atomic mass is 9.88. The lowest BCUT2D eigenvalue weighted by Crippen LogP contribution is -2.34. The molecule has 0 radical (unpaired) electrons. The molecule has 29 heavy (non-hydrogen) atoms. The number of nitrogens with one attached hydrogen (secondary N) is 1. The van der Waals surface area contributed by atoms with Gasteiger partial charge in [-0.05, 0) is 42.2 Å². The van der Waals surface area contributed by atoms with Crippen molar-refractivity contribution in [3.8, 4) is 11.1 Å². The van der Waals surface area contributed by atoms with Gasteiger partial charge in [0, 0.05) is 29.7 Å². The van der Waals surface area contributed by atoms with Crippen molar-refractivity contribution in [3.63, 3.8) is 0 Å². The molecule has 0 fully saturated rings. The Balaban J connectivity index is 1.97. The number of rotatable bonds is 3. The number of amides is 2. The Kier molecular flexibility index (Phi) is 4.67. The van der Waals surface area contributed by atoms with Crippen molar-refractivity contribution in [1.29, 1.82) is 0 Å². The highest BCUT2D eigenvalue weighted by molar-refractivity contribution is 6.38. The summed E-state index contributed by atoms with van der Waals surface area (Å²) >= 11 is 6.50. The zero-order valence-electron chi connectivity index (χ0n) is 15.8. The van der Waals surface area contributed by atoms with Crippen LogP contribution in [0.4, 0.5) is 4.39 Å². The van der Waals surface area contributed by atoms with Gasteiger partial charge in [0.1, 0.15) is 5.82 Å². The van der Waals surface area contributed by atoms with Crippen LogP contribution in [0.25, 0.3) is 22.0 Å². The molecular weight excluding hydrogens is 393 g/mol. The Bertz CT molecular complexity index is 1200. The Morgan fingerprint density at radius 3 is 2.83 bits per heavy atom. The Morgan fingerprint density at radius 2 is 2.14 bits per heavy atom. The molecule has 1 aliphatic rings. The number of aromatic amines is 1. The van der Waals surface area contributed by atoms with Crippen molar-refractivity contribution < 1.29 is 14.0 Å². The summed E-state index contributed by atoms with van der Waals surface area (Å²) in [4.78, 5) is 28.6. The van der Waals surface area contributed by atoms with Crippen LogP contribution < -0.4 is 5.73 Å². The van der Waals surface area contributed by atoms with E-state index in [2.05, 4.69) is 11.6 Å². The molecule has 0 unspecified atom stereocenters. The lowest BCUT2D eigenvalue weighted by molar-refractivity contribution is -0.126. The maximum Gasteiger partial charge on any atom is 0.250 e. The van der Waals surface area contributed by atoms with Gasteiger partial charge in [-0.2, -0.15) is 0 Å². The van der Waals surface area contributed by atoms with Gasteiger partial charge in [-0.25, -0.2) is 4.39 Å². The van der Waals surface area contributed by atoms with Crippen LogP contribution >= 0.6 is 11.6 Å². The smallest absolute Gasteiger partial charge is 0.250 e. The molecule has 2 amide bonds. The third-order valence-electron chi connectivity index (χ3n) is 5.43. The summed E-state index contributed by atoms with van der Waals surface area (Å²) in [6.45, 7) is 6.24. The summed E-state index contributed by atoms with van der Waals surface area (Å²) in [5.74, 6) is -1.43. The van der Waals surface area contributed by atoms with Gasteiger partial charge < -0.3 is 15.6 Å². The van der Waals surface area contributed by atoms with E-state index in [0.717, 1.165) is 17.2 Å². The Labute approximate surface area is 171 Å². The summed E-state index contributed by atoms with van der Waals surface area (Å²) in [7, 11) is 0. The molecule has 2 heterocycles. The number of halogens is 2. The quantitative estimate of drug-likeness (QED) is 0.636. The van der Waals surface area contributed by atoms with E-state index in [1.807, 2.05) is 18.2 Å². The molecule has 4 rings (SSSR count). The molecule has 148 valence electrons. The molecule has 2 aromatic carbocycles. The molecule has 0 saturated carbocycles. The monoisotopic (exact) mass is 411 g/mol. The number of carbonyl (C=O) groups is 2. The molecule has 0 bridgehead atoms. The van der Waals surface area contributed by atoms with Crippen LogP contribution in [-0.4, -0.2) is 28.2 Å². The number of nitrogens with two attached hydrogens (primary N) is 1. The highest BCUT2D eigenvalue weighted by Gasteiger charge is 2.26. The highest BCUT2D eigenvalue weighted by Crippen LogP contribution is 2.42. The first-order chi connectivity index (χ1) is 13.8. The van der Waals surface area contributed by atoms with E-state index in [1.165, 1.54) is 6.08 Å². The average Bonchev–Trinajstić information content (AvgIpc) is 3.00. The van der Waals surface area contributed by atoms with E-state index in [0.29, 0.717) is 52.3 Å². The average molecular weight is 412 g/mol. The van der Waals surface area contributed by atoms with Crippen molar-refractivity contribution in [2.24, 2.45) is 5.73 Å². The largest absolute Gasteiger partial charge is 0.366 e. The Hall–Kier alpha value is -3.12. The first kappa shape index (κ1) is 19.2. The molecule has 3 aromatic rings. The number of carbonyl (C=O) groups excluding carboxylic acids is 2. The van der Waals surface area contributed by atoms with E-state index >= 15 is 4.39 Å².